The van der Waals surface area contributed by atoms with Gasteiger partial charge in [0.2, 0.25) is 5.91 Å². The molecule has 1 fully saturated rings. The number of nitriles is 1. The lowest BCUT2D eigenvalue weighted by atomic mass is 9.81. The topological polar surface area (TPSA) is 102 Å². The van der Waals surface area contributed by atoms with Crippen molar-refractivity contribution in [3.8, 4) is 17.2 Å². The third-order valence-electron chi connectivity index (χ3n) is 6.43. The molecule has 2 aliphatic rings. The molecule has 0 aromatic heterocycles. The zero-order valence-corrected chi connectivity index (χ0v) is 19.0. The van der Waals surface area contributed by atoms with E-state index in [1.807, 2.05) is 12.1 Å². The standard InChI is InChI=1S/C25H30N4O2S/c26-16-21(28-24(31)25(27)10-2-1-3-11-25)14-18-4-6-19(7-5-18)20-8-9-23-22(15-20)29(12-13-30)17-32-23/h4-9,15,21,30H,1-3,10-14,17,27H2,(H,28,31). The average Bonchev–Trinajstić information content (AvgIpc) is 3.22. The molecule has 0 saturated heterocycles. The van der Waals surface area contributed by atoms with Crippen molar-refractivity contribution in [3.63, 3.8) is 0 Å². The van der Waals surface area contributed by atoms with E-state index in [4.69, 9.17) is 5.73 Å². The van der Waals surface area contributed by atoms with Crippen molar-refractivity contribution in [3.05, 3.63) is 48.0 Å². The third-order valence-corrected chi connectivity index (χ3v) is 7.53. The van der Waals surface area contributed by atoms with Crippen molar-refractivity contribution >= 4 is 23.4 Å². The van der Waals surface area contributed by atoms with Gasteiger partial charge in [-0.25, -0.2) is 0 Å². The van der Waals surface area contributed by atoms with E-state index in [-0.39, 0.29) is 12.5 Å². The number of hydrogen-bond acceptors (Lipinski definition) is 6. The number of nitrogens with two attached hydrogens (primary N) is 1. The first-order valence-electron chi connectivity index (χ1n) is 11.2. The molecule has 1 aliphatic carbocycles. The van der Waals surface area contributed by atoms with E-state index in [0.29, 0.717) is 25.8 Å². The summed E-state index contributed by atoms with van der Waals surface area (Å²) >= 11 is 1.79. The first-order chi connectivity index (χ1) is 15.5. The van der Waals surface area contributed by atoms with Gasteiger partial charge in [0.25, 0.3) is 0 Å². The van der Waals surface area contributed by atoms with Gasteiger partial charge in [-0.1, -0.05) is 49.6 Å². The van der Waals surface area contributed by atoms with E-state index in [1.54, 1.807) is 11.8 Å². The summed E-state index contributed by atoms with van der Waals surface area (Å²) < 4.78 is 0. The molecule has 1 saturated carbocycles. The Morgan fingerprint density at radius 3 is 2.59 bits per heavy atom. The van der Waals surface area contributed by atoms with E-state index < -0.39 is 11.6 Å². The van der Waals surface area contributed by atoms with Crippen molar-refractivity contribution in [1.29, 1.82) is 5.26 Å². The molecule has 4 rings (SSSR count). The number of anilines is 1. The van der Waals surface area contributed by atoms with Crippen LogP contribution < -0.4 is 16.0 Å². The molecule has 168 valence electrons. The second-order valence-electron chi connectivity index (χ2n) is 8.72. The molecule has 1 aliphatic heterocycles. The molecule has 1 atom stereocenters. The number of rotatable bonds is 7. The number of carbonyl (C=O) groups is 1. The summed E-state index contributed by atoms with van der Waals surface area (Å²) in [5, 5.41) is 21.7. The Morgan fingerprint density at radius 1 is 1.19 bits per heavy atom. The van der Waals surface area contributed by atoms with Crippen molar-refractivity contribution < 1.29 is 9.90 Å². The fourth-order valence-corrected chi connectivity index (χ4v) is 5.56. The number of amides is 1. The number of nitrogens with one attached hydrogen (secondary N) is 1. The van der Waals surface area contributed by atoms with Crippen LogP contribution in [0.4, 0.5) is 5.69 Å². The van der Waals surface area contributed by atoms with Crippen LogP contribution in [0.25, 0.3) is 11.1 Å². The monoisotopic (exact) mass is 450 g/mol. The number of nitrogens with zero attached hydrogens (tertiary/aromatic N) is 2. The minimum absolute atomic E-state index is 0.140. The van der Waals surface area contributed by atoms with Gasteiger partial charge in [0, 0.05) is 17.9 Å². The number of aliphatic hydroxyl groups excluding tert-OH is 1. The molecule has 1 amide bonds. The highest BCUT2D eigenvalue weighted by Crippen LogP contribution is 2.40. The van der Waals surface area contributed by atoms with E-state index in [9.17, 15) is 15.2 Å². The second-order valence-corrected chi connectivity index (χ2v) is 9.70. The van der Waals surface area contributed by atoms with Gasteiger partial charge < -0.3 is 21.1 Å². The smallest absolute Gasteiger partial charge is 0.241 e. The predicted molar refractivity (Wildman–Crippen MR) is 128 cm³/mol. The largest absolute Gasteiger partial charge is 0.395 e. The predicted octanol–water partition coefficient (Wildman–Crippen LogP) is 3.43. The Kier molecular flexibility index (Phi) is 7.04. The number of carbonyl (C=O) groups excluding carboxylic acids is 1. The molecule has 32 heavy (non-hydrogen) atoms. The van der Waals surface area contributed by atoms with Crippen LogP contribution in [0.1, 0.15) is 37.7 Å². The zero-order valence-electron chi connectivity index (χ0n) is 18.2. The van der Waals surface area contributed by atoms with E-state index in [1.165, 1.54) is 4.90 Å². The lowest BCUT2D eigenvalue weighted by Gasteiger charge is -2.32. The molecule has 4 N–H and O–H groups in total. The Hall–Kier alpha value is -2.53. The maximum atomic E-state index is 12.7. The number of thioether (sulfide) groups is 1. The van der Waals surface area contributed by atoms with Crippen LogP contribution in [-0.2, 0) is 11.2 Å². The highest BCUT2D eigenvalue weighted by molar-refractivity contribution is 7.99. The maximum absolute atomic E-state index is 12.7. The molecule has 6 nitrogen and oxygen atoms in total. The molecular weight excluding hydrogens is 420 g/mol. The minimum atomic E-state index is -0.840. The van der Waals surface area contributed by atoms with Crippen molar-refractivity contribution in [1.82, 2.24) is 5.32 Å². The molecule has 0 bridgehead atoms. The molecule has 7 heteroatoms. The van der Waals surface area contributed by atoms with Crippen molar-refractivity contribution in [2.24, 2.45) is 5.73 Å². The highest BCUT2D eigenvalue weighted by atomic mass is 32.2. The van der Waals surface area contributed by atoms with Gasteiger partial charge in [0.1, 0.15) is 6.04 Å². The summed E-state index contributed by atoms with van der Waals surface area (Å²) in [5.41, 5.74) is 9.84. The second kappa shape index (κ2) is 9.95. The Bertz CT molecular complexity index is 994. The lowest BCUT2D eigenvalue weighted by molar-refractivity contribution is -0.127. The van der Waals surface area contributed by atoms with Gasteiger partial charge in [0.05, 0.1) is 29.8 Å². The van der Waals surface area contributed by atoms with Gasteiger partial charge >= 0.3 is 0 Å². The molecule has 0 spiro atoms. The van der Waals surface area contributed by atoms with Crippen LogP contribution in [0.2, 0.25) is 0 Å². The normalized spacial score (nSPS) is 18.0. The van der Waals surface area contributed by atoms with Crippen LogP contribution in [0, 0.1) is 11.3 Å². The van der Waals surface area contributed by atoms with E-state index in [0.717, 1.165) is 47.5 Å². The van der Waals surface area contributed by atoms with Gasteiger partial charge in [-0.3, -0.25) is 4.79 Å². The van der Waals surface area contributed by atoms with Gasteiger partial charge in [-0.15, -0.1) is 11.8 Å². The first kappa shape index (κ1) is 22.7. The van der Waals surface area contributed by atoms with Crippen LogP contribution in [-0.4, -0.2) is 41.6 Å². The molecular formula is C25H30N4O2S. The number of β-amino-alcohol motifs (C(OH)–C–C–N with tert-alkyl or cyclic N) is 1. The Labute approximate surface area is 193 Å². The molecule has 0 radical (unpaired) electrons. The van der Waals surface area contributed by atoms with E-state index in [2.05, 4.69) is 46.6 Å². The van der Waals surface area contributed by atoms with Gasteiger partial charge in [-0.2, -0.15) is 5.26 Å². The lowest BCUT2D eigenvalue weighted by Crippen LogP contribution is -2.57. The quantitative estimate of drug-likeness (QED) is 0.597. The third kappa shape index (κ3) is 4.93. The number of benzene rings is 2. The molecule has 1 unspecified atom stereocenters. The van der Waals surface area contributed by atoms with Gasteiger partial charge in [0.15, 0.2) is 0 Å². The zero-order chi connectivity index (χ0) is 22.6. The van der Waals surface area contributed by atoms with Crippen LogP contribution in [0.3, 0.4) is 0 Å². The van der Waals surface area contributed by atoms with Crippen molar-refractivity contribution in [2.45, 2.75) is 55.0 Å². The summed E-state index contributed by atoms with van der Waals surface area (Å²) in [4.78, 5) is 16.1. The summed E-state index contributed by atoms with van der Waals surface area (Å²) in [6, 6.07) is 16.2. The summed E-state index contributed by atoms with van der Waals surface area (Å²) in [6.45, 7) is 0.772. The average molecular weight is 451 g/mol. The SMILES string of the molecule is N#CC(Cc1ccc(-c2ccc3c(c2)N(CCO)CS3)cc1)NC(=O)C1(N)CCCCC1. The minimum Gasteiger partial charge on any atom is -0.395 e. The Morgan fingerprint density at radius 2 is 1.91 bits per heavy atom. The van der Waals surface area contributed by atoms with E-state index >= 15 is 0 Å². The number of aliphatic hydroxyl groups is 1. The first-order valence-corrected chi connectivity index (χ1v) is 12.2. The number of hydrogen-bond donors (Lipinski definition) is 3. The molecule has 2 aromatic carbocycles. The summed E-state index contributed by atoms with van der Waals surface area (Å²) in [7, 11) is 0. The molecule has 2 aromatic rings. The number of fused-ring (bicyclic) bond motifs is 1. The highest BCUT2D eigenvalue weighted by Gasteiger charge is 2.36. The fourth-order valence-electron chi connectivity index (χ4n) is 4.50. The maximum Gasteiger partial charge on any atom is 0.241 e. The van der Waals surface area contributed by atoms with Crippen molar-refractivity contribution in [2.75, 3.05) is 23.9 Å². The molecule has 1 heterocycles. The fraction of sp³-hybridized carbons (Fsp3) is 0.440. The van der Waals surface area contributed by atoms with Crippen LogP contribution >= 0.6 is 11.8 Å². The summed E-state index contributed by atoms with van der Waals surface area (Å²) in [6.07, 6.45) is 4.84. The Balaban J connectivity index is 1.42. The van der Waals surface area contributed by atoms with Crippen LogP contribution in [0.15, 0.2) is 47.4 Å². The summed E-state index contributed by atoms with van der Waals surface area (Å²) in [5.74, 6) is 0.660. The van der Waals surface area contributed by atoms with Gasteiger partial charge in [-0.05, 0) is 41.7 Å². The van der Waals surface area contributed by atoms with Crippen LogP contribution in [0.5, 0.6) is 0 Å².